The van der Waals surface area contributed by atoms with E-state index in [0.29, 0.717) is 0 Å². The highest BCUT2D eigenvalue weighted by Crippen LogP contribution is 2.36. The maximum Gasteiger partial charge on any atom is 0.125 e. The number of halogens is 2. The molecule has 1 aromatic heterocycles. The third kappa shape index (κ3) is 3.37. The van der Waals surface area contributed by atoms with Crippen LogP contribution < -0.4 is 10.1 Å². The van der Waals surface area contributed by atoms with Crippen LogP contribution in [0.1, 0.15) is 29.0 Å². The van der Waals surface area contributed by atoms with Gasteiger partial charge in [-0.25, -0.2) is 0 Å². The van der Waals surface area contributed by atoms with Crippen LogP contribution in [0.15, 0.2) is 24.3 Å². The molecule has 2 aromatic rings. The van der Waals surface area contributed by atoms with E-state index >= 15 is 0 Å². The van der Waals surface area contributed by atoms with Crippen LogP contribution in [0.4, 0.5) is 0 Å². The Hall–Kier alpha value is -0.740. The molecule has 0 fully saturated rings. The summed E-state index contributed by atoms with van der Waals surface area (Å²) in [5.41, 5.74) is 2.39. The van der Waals surface area contributed by atoms with Crippen molar-refractivity contribution in [1.82, 2.24) is 5.32 Å². The molecule has 1 aliphatic heterocycles. The van der Waals surface area contributed by atoms with E-state index in [4.69, 9.17) is 27.9 Å². The zero-order valence-corrected chi connectivity index (χ0v) is 14.1. The van der Waals surface area contributed by atoms with Crippen LogP contribution in [0.2, 0.25) is 9.36 Å². The summed E-state index contributed by atoms with van der Waals surface area (Å²) in [5, 5.41) is 4.31. The molecular weight excluding hydrogens is 325 g/mol. The van der Waals surface area contributed by atoms with E-state index < -0.39 is 0 Å². The molecule has 0 amide bonds. The van der Waals surface area contributed by atoms with Crippen LogP contribution in [0.25, 0.3) is 0 Å². The monoisotopic (exact) mass is 341 g/mol. The van der Waals surface area contributed by atoms with Gasteiger partial charge in [-0.05, 0) is 48.4 Å². The van der Waals surface area contributed by atoms with Crippen molar-refractivity contribution < 1.29 is 4.74 Å². The standard InChI is InChI=1S/C16H17Cl2NOS/c1-2-19-13(14-3-4-15(18)21-14)9-11-8-12(17)7-10-5-6-20-16(10)11/h3-4,7-8,13,19H,2,5-6,9H2,1H3. The van der Waals surface area contributed by atoms with E-state index in [9.17, 15) is 0 Å². The van der Waals surface area contributed by atoms with E-state index in [1.165, 1.54) is 16.0 Å². The smallest absolute Gasteiger partial charge is 0.125 e. The Morgan fingerprint density at radius 2 is 2.19 bits per heavy atom. The molecule has 112 valence electrons. The fourth-order valence-corrected chi connectivity index (χ4v) is 4.15. The zero-order chi connectivity index (χ0) is 14.8. The molecule has 3 rings (SSSR count). The Kier molecular flexibility index (Phi) is 4.75. The summed E-state index contributed by atoms with van der Waals surface area (Å²) in [5.74, 6) is 1.02. The highest BCUT2D eigenvalue weighted by molar-refractivity contribution is 7.16. The van der Waals surface area contributed by atoms with Gasteiger partial charge in [0.15, 0.2) is 0 Å². The largest absolute Gasteiger partial charge is 0.493 e. The summed E-state index contributed by atoms with van der Waals surface area (Å²) in [6.45, 7) is 3.77. The number of hydrogen-bond acceptors (Lipinski definition) is 3. The summed E-state index contributed by atoms with van der Waals surface area (Å²) >= 11 is 13.9. The maximum absolute atomic E-state index is 6.24. The second-order valence-electron chi connectivity index (χ2n) is 5.11. The molecule has 1 atom stereocenters. The fraction of sp³-hybridized carbons (Fsp3) is 0.375. The molecule has 0 bridgehead atoms. The van der Waals surface area contributed by atoms with Gasteiger partial charge in [-0.15, -0.1) is 11.3 Å². The molecule has 0 saturated carbocycles. The molecule has 0 radical (unpaired) electrons. The lowest BCUT2D eigenvalue weighted by molar-refractivity contribution is 0.351. The van der Waals surface area contributed by atoms with Crippen molar-refractivity contribution in [1.29, 1.82) is 0 Å². The highest BCUT2D eigenvalue weighted by atomic mass is 35.5. The van der Waals surface area contributed by atoms with Crippen molar-refractivity contribution in [2.24, 2.45) is 0 Å². The van der Waals surface area contributed by atoms with Gasteiger partial charge in [0.2, 0.25) is 0 Å². The van der Waals surface area contributed by atoms with Crippen molar-refractivity contribution in [3.05, 3.63) is 49.6 Å². The number of likely N-dealkylation sites (N-methyl/N-ethyl adjacent to an activating group) is 1. The number of fused-ring (bicyclic) bond motifs is 1. The maximum atomic E-state index is 6.24. The van der Waals surface area contributed by atoms with Gasteiger partial charge in [-0.3, -0.25) is 0 Å². The lowest BCUT2D eigenvalue weighted by atomic mass is 10.0. The Labute approximate surface area is 139 Å². The van der Waals surface area contributed by atoms with Gasteiger partial charge in [0.25, 0.3) is 0 Å². The molecule has 5 heteroatoms. The molecule has 0 saturated heterocycles. The van der Waals surface area contributed by atoms with Crippen LogP contribution in [-0.2, 0) is 12.8 Å². The molecule has 1 aliphatic rings. The van der Waals surface area contributed by atoms with Gasteiger partial charge in [-0.2, -0.15) is 0 Å². The second-order valence-corrected chi connectivity index (χ2v) is 7.29. The molecule has 1 aromatic carbocycles. The predicted molar refractivity (Wildman–Crippen MR) is 90.1 cm³/mol. The Morgan fingerprint density at radius 1 is 1.33 bits per heavy atom. The van der Waals surface area contributed by atoms with Crippen LogP contribution >= 0.6 is 34.5 Å². The Balaban J connectivity index is 1.90. The lowest BCUT2D eigenvalue weighted by Crippen LogP contribution is -2.22. The summed E-state index contributed by atoms with van der Waals surface area (Å²) in [6.07, 6.45) is 1.80. The van der Waals surface area contributed by atoms with Crippen molar-refractivity contribution in [3.63, 3.8) is 0 Å². The zero-order valence-electron chi connectivity index (χ0n) is 11.8. The van der Waals surface area contributed by atoms with Crippen LogP contribution in [0, 0.1) is 0 Å². The average molecular weight is 342 g/mol. The quantitative estimate of drug-likeness (QED) is 0.836. The van der Waals surface area contributed by atoms with Gasteiger partial charge in [-0.1, -0.05) is 30.1 Å². The predicted octanol–water partition coefficient (Wildman–Crippen LogP) is 4.88. The summed E-state index contributed by atoms with van der Waals surface area (Å²) in [4.78, 5) is 1.24. The Bertz CT molecular complexity index is 641. The van der Waals surface area contributed by atoms with Crippen molar-refractivity contribution in [2.75, 3.05) is 13.2 Å². The van der Waals surface area contributed by atoms with E-state index in [-0.39, 0.29) is 6.04 Å². The number of nitrogens with one attached hydrogen (secondary N) is 1. The van der Waals surface area contributed by atoms with Crippen LogP contribution in [-0.4, -0.2) is 13.2 Å². The number of hydrogen-bond donors (Lipinski definition) is 1. The van der Waals surface area contributed by atoms with Gasteiger partial charge in [0.05, 0.1) is 10.9 Å². The normalized spacial score (nSPS) is 14.8. The van der Waals surface area contributed by atoms with Crippen LogP contribution in [0.3, 0.4) is 0 Å². The van der Waals surface area contributed by atoms with Gasteiger partial charge < -0.3 is 10.1 Å². The summed E-state index contributed by atoms with van der Waals surface area (Å²) in [6, 6.07) is 8.30. The van der Waals surface area contributed by atoms with Crippen molar-refractivity contribution in [3.8, 4) is 5.75 Å². The van der Waals surface area contributed by atoms with Gasteiger partial charge in [0.1, 0.15) is 5.75 Å². The third-order valence-corrected chi connectivity index (χ3v) is 5.20. The molecule has 0 spiro atoms. The number of thiophene rings is 1. The minimum Gasteiger partial charge on any atom is -0.493 e. The minimum atomic E-state index is 0.235. The second kappa shape index (κ2) is 6.57. The molecular formula is C16H17Cl2NOS. The lowest BCUT2D eigenvalue weighted by Gasteiger charge is -2.18. The van der Waals surface area contributed by atoms with Crippen molar-refractivity contribution in [2.45, 2.75) is 25.8 Å². The van der Waals surface area contributed by atoms with E-state index in [1.807, 2.05) is 18.2 Å². The SMILES string of the molecule is CCNC(Cc1cc(Cl)cc2c1OCC2)c1ccc(Cl)s1. The average Bonchev–Trinajstić information content (AvgIpc) is 3.06. The molecule has 0 aliphatic carbocycles. The van der Waals surface area contributed by atoms with Gasteiger partial charge >= 0.3 is 0 Å². The van der Waals surface area contributed by atoms with E-state index in [0.717, 1.165) is 41.1 Å². The topological polar surface area (TPSA) is 21.3 Å². The number of benzene rings is 1. The Morgan fingerprint density at radius 3 is 2.90 bits per heavy atom. The van der Waals surface area contributed by atoms with E-state index in [1.54, 1.807) is 11.3 Å². The third-order valence-electron chi connectivity index (χ3n) is 3.64. The minimum absolute atomic E-state index is 0.235. The highest BCUT2D eigenvalue weighted by Gasteiger charge is 2.21. The molecule has 1 N–H and O–H groups in total. The first kappa shape index (κ1) is 15.2. The first-order chi connectivity index (χ1) is 10.2. The first-order valence-corrected chi connectivity index (χ1v) is 8.67. The van der Waals surface area contributed by atoms with Crippen molar-refractivity contribution >= 4 is 34.5 Å². The van der Waals surface area contributed by atoms with E-state index in [2.05, 4.69) is 18.3 Å². The fourth-order valence-electron chi connectivity index (χ4n) is 2.75. The number of ether oxygens (including phenoxy) is 1. The number of rotatable bonds is 5. The first-order valence-electron chi connectivity index (χ1n) is 7.10. The summed E-state index contributed by atoms with van der Waals surface area (Å²) in [7, 11) is 0. The summed E-state index contributed by atoms with van der Waals surface area (Å²) < 4.78 is 6.62. The molecule has 21 heavy (non-hydrogen) atoms. The van der Waals surface area contributed by atoms with Gasteiger partial charge in [0, 0.05) is 22.4 Å². The molecule has 2 heterocycles. The van der Waals surface area contributed by atoms with Crippen LogP contribution in [0.5, 0.6) is 5.75 Å². The molecule has 2 nitrogen and oxygen atoms in total. The molecule has 1 unspecified atom stereocenters.